The number of aromatic hydroxyl groups is 1. The van der Waals surface area contributed by atoms with Crippen molar-refractivity contribution in [2.75, 3.05) is 13.1 Å². The topological polar surface area (TPSA) is 110 Å². The summed E-state index contributed by atoms with van der Waals surface area (Å²) in [5, 5.41) is 31.8. The van der Waals surface area contributed by atoms with E-state index in [4.69, 9.17) is 28.3 Å². The first-order chi connectivity index (χ1) is 14.7. The molecule has 0 aromatic heterocycles. The van der Waals surface area contributed by atoms with Gasteiger partial charge in [0.2, 0.25) is 0 Å². The minimum Gasteiger partial charge on any atom is -0.508 e. The van der Waals surface area contributed by atoms with Crippen molar-refractivity contribution in [1.29, 1.82) is 0 Å². The van der Waals surface area contributed by atoms with Crippen molar-refractivity contribution in [3.8, 4) is 5.75 Å². The molecular formula is C22H24Cl2N2O5. The van der Waals surface area contributed by atoms with Gasteiger partial charge < -0.3 is 20.6 Å². The minimum absolute atomic E-state index is 0.0861. The van der Waals surface area contributed by atoms with Crippen molar-refractivity contribution in [1.82, 2.24) is 10.2 Å². The summed E-state index contributed by atoms with van der Waals surface area (Å²) in [6.07, 6.45) is 0.402. The SMILES string of the molecule is C[C@H](NC(=O)c1c(Cl)cc2c(c1Cl)CCN(CCC(O)c1cccc(O)c1)C2)C(=O)O. The van der Waals surface area contributed by atoms with Crippen molar-refractivity contribution in [3.05, 3.63) is 62.6 Å². The maximum absolute atomic E-state index is 12.5. The summed E-state index contributed by atoms with van der Waals surface area (Å²) in [5.41, 5.74) is 2.47. The number of hydrogen-bond donors (Lipinski definition) is 4. The molecule has 1 unspecified atom stereocenters. The fraction of sp³-hybridized carbons (Fsp3) is 0.364. The third kappa shape index (κ3) is 5.49. The van der Waals surface area contributed by atoms with Crippen LogP contribution < -0.4 is 5.32 Å². The number of phenols is 1. The Bertz CT molecular complexity index is 998. The number of aliphatic hydroxyl groups is 1. The zero-order valence-corrected chi connectivity index (χ0v) is 18.5. The summed E-state index contributed by atoms with van der Waals surface area (Å²) in [6.45, 7) is 3.25. The number of rotatable bonds is 7. The second kappa shape index (κ2) is 9.87. The van der Waals surface area contributed by atoms with E-state index in [-0.39, 0.29) is 21.4 Å². The van der Waals surface area contributed by atoms with Gasteiger partial charge in [-0.15, -0.1) is 0 Å². The standard InChI is InChI=1S/C22H24Cl2N2O5/c1-12(22(30)31)25-21(29)19-17(23)10-14-11-26(7-5-16(14)20(19)24)8-6-18(28)13-3-2-4-15(27)9-13/h2-4,9-10,12,18,27-28H,5-8,11H2,1H3,(H,25,29)(H,30,31)/t12-,18?/m0/s1. The van der Waals surface area contributed by atoms with E-state index in [0.29, 0.717) is 38.0 Å². The molecule has 7 nitrogen and oxygen atoms in total. The molecule has 0 aliphatic carbocycles. The number of amides is 1. The number of nitrogens with zero attached hydrogens (tertiary/aromatic N) is 1. The van der Waals surface area contributed by atoms with E-state index in [1.54, 1.807) is 30.3 Å². The Morgan fingerprint density at radius 1 is 1.26 bits per heavy atom. The molecule has 1 amide bonds. The highest BCUT2D eigenvalue weighted by atomic mass is 35.5. The lowest BCUT2D eigenvalue weighted by molar-refractivity contribution is -0.138. The van der Waals surface area contributed by atoms with Crippen LogP contribution in [0.2, 0.25) is 10.0 Å². The van der Waals surface area contributed by atoms with Crippen LogP contribution in [0.3, 0.4) is 0 Å². The summed E-state index contributed by atoms with van der Waals surface area (Å²) < 4.78 is 0. The molecule has 0 saturated carbocycles. The van der Waals surface area contributed by atoms with Gasteiger partial charge in [0, 0.05) is 19.6 Å². The van der Waals surface area contributed by atoms with E-state index in [1.807, 2.05) is 0 Å². The number of aliphatic carboxylic acids is 1. The van der Waals surface area contributed by atoms with Crippen LogP contribution in [0, 0.1) is 0 Å². The van der Waals surface area contributed by atoms with Crippen LogP contribution in [0.15, 0.2) is 30.3 Å². The first kappa shape index (κ1) is 23.3. The Balaban J connectivity index is 1.69. The molecule has 9 heteroatoms. The Kier molecular flexibility index (Phi) is 7.43. The van der Waals surface area contributed by atoms with Gasteiger partial charge in [-0.25, -0.2) is 0 Å². The number of carboxylic acids is 1. The van der Waals surface area contributed by atoms with E-state index in [1.165, 1.54) is 6.92 Å². The molecule has 1 aliphatic rings. The van der Waals surface area contributed by atoms with Gasteiger partial charge in [-0.2, -0.15) is 0 Å². The second-order valence-electron chi connectivity index (χ2n) is 7.64. The predicted molar refractivity (Wildman–Crippen MR) is 118 cm³/mol. The molecule has 1 aliphatic heterocycles. The molecule has 0 fully saturated rings. The number of halogens is 2. The number of phenolic OH excluding ortho intramolecular Hbond substituents is 1. The molecule has 3 rings (SSSR count). The molecule has 4 N–H and O–H groups in total. The molecule has 31 heavy (non-hydrogen) atoms. The normalized spacial score (nSPS) is 15.7. The van der Waals surface area contributed by atoms with Crippen LogP contribution in [0.4, 0.5) is 0 Å². The molecular weight excluding hydrogens is 443 g/mol. The van der Waals surface area contributed by atoms with E-state index in [0.717, 1.165) is 11.1 Å². The average Bonchev–Trinajstić information content (AvgIpc) is 2.71. The van der Waals surface area contributed by atoms with Gasteiger partial charge in [-0.3, -0.25) is 14.5 Å². The molecule has 0 bridgehead atoms. The monoisotopic (exact) mass is 466 g/mol. The molecule has 0 saturated heterocycles. The van der Waals surface area contributed by atoms with Crippen molar-refractivity contribution < 1.29 is 24.9 Å². The van der Waals surface area contributed by atoms with Gasteiger partial charge in [0.25, 0.3) is 5.91 Å². The Morgan fingerprint density at radius 2 is 2.00 bits per heavy atom. The summed E-state index contributed by atoms with van der Waals surface area (Å²) in [5.74, 6) is -1.66. The molecule has 1 heterocycles. The highest BCUT2D eigenvalue weighted by Crippen LogP contribution is 2.35. The summed E-state index contributed by atoms with van der Waals surface area (Å²) in [7, 11) is 0. The number of aliphatic hydroxyl groups excluding tert-OH is 1. The van der Waals surface area contributed by atoms with Crippen LogP contribution in [-0.2, 0) is 17.8 Å². The Hall–Kier alpha value is -2.32. The first-order valence-electron chi connectivity index (χ1n) is 9.90. The highest BCUT2D eigenvalue weighted by Gasteiger charge is 2.27. The molecule has 0 radical (unpaired) electrons. The second-order valence-corrected chi connectivity index (χ2v) is 8.43. The summed E-state index contributed by atoms with van der Waals surface area (Å²) in [6, 6.07) is 7.20. The van der Waals surface area contributed by atoms with Crippen molar-refractivity contribution in [2.24, 2.45) is 0 Å². The largest absolute Gasteiger partial charge is 0.508 e. The van der Waals surface area contributed by atoms with Crippen LogP contribution >= 0.6 is 23.2 Å². The quantitative estimate of drug-likeness (QED) is 0.497. The van der Waals surface area contributed by atoms with Gasteiger partial charge >= 0.3 is 5.97 Å². The fourth-order valence-corrected chi connectivity index (χ4v) is 4.41. The van der Waals surface area contributed by atoms with Gasteiger partial charge in [-0.1, -0.05) is 35.3 Å². The number of benzene rings is 2. The highest BCUT2D eigenvalue weighted by molar-refractivity contribution is 6.40. The molecule has 2 aromatic rings. The molecule has 166 valence electrons. The summed E-state index contributed by atoms with van der Waals surface area (Å²) >= 11 is 12.8. The maximum atomic E-state index is 12.5. The fourth-order valence-electron chi connectivity index (χ4n) is 3.64. The smallest absolute Gasteiger partial charge is 0.325 e. The van der Waals surface area contributed by atoms with E-state index < -0.39 is 24.0 Å². The number of nitrogens with one attached hydrogen (secondary N) is 1. The van der Waals surface area contributed by atoms with Crippen molar-refractivity contribution in [3.63, 3.8) is 0 Å². The molecule has 2 aromatic carbocycles. The number of carboxylic acid groups (broad SMARTS) is 1. The Labute approximate surface area is 190 Å². The van der Waals surface area contributed by atoms with Crippen LogP contribution in [0.25, 0.3) is 0 Å². The average molecular weight is 467 g/mol. The zero-order valence-electron chi connectivity index (χ0n) is 16.9. The van der Waals surface area contributed by atoms with Crippen LogP contribution in [-0.4, -0.2) is 51.2 Å². The zero-order chi connectivity index (χ0) is 22.7. The van der Waals surface area contributed by atoms with Crippen LogP contribution in [0.5, 0.6) is 5.75 Å². The van der Waals surface area contributed by atoms with Gasteiger partial charge in [0.1, 0.15) is 11.8 Å². The predicted octanol–water partition coefficient (Wildman–Crippen LogP) is 3.38. The Morgan fingerprint density at radius 3 is 2.68 bits per heavy atom. The van der Waals surface area contributed by atoms with Gasteiger partial charge in [0.15, 0.2) is 0 Å². The van der Waals surface area contributed by atoms with Gasteiger partial charge in [0.05, 0.1) is 21.7 Å². The number of hydrogen-bond acceptors (Lipinski definition) is 5. The van der Waals surface area contributed by atoms with Gasteiger partial charge in [-0.05, 0) is 54.7 Å². The third-order valence-corrected chi connectivity index (χ3v) is 6.12. The lowest BCUT2D eigenvalue weighted by Gasteiger charge is -2.31. The minimum atomic E-state index is -1.15. The van der Waals surface area contributed by atoms with E-state index >= 15 is 0 Å². The summed E-state index contributed by atoms with van der Waals surface area (Å²) in [4.78, 5) is 25.7. The third-order valence-electron chi connectivity index (χ3n) is 5.40. The molecule has 0 spiro atoms. The van der Waals surface area contributed by atoms with Crippen LogP contribution in [0.1, 0.15) is 46.5 Å². The number of carbonyl (C=O) groups excluding carboxylic acids is 1. The first-order valence-corrected chi connectivity index (χ1v) is 10.7. The van der Waals surface area contributed by atoms with E-state index in [9.17, 15) is 19.8 Å². The lowest BCUT2D eigenvalue weighted by Crippen LogP contribution is -2.39. The van der Waals surface area contributed by atoms with E-state index in [2.05, 4.69) is 10.2 Å². The molecule has 2 atom stereocenters. The lowest BCUT2D eigenvalue weighted by atomic mass is 9.96. The number of fused-ring (bicyclic) bond motifs is 1. The number of carbonyl (C=O) groups is 2. The van der Waals surface area contributed by atoms with Crippen molar-refractivity contribution in [2.45, 2.75) is 38.5 Å². The van der Waals surface area contributed by atoms with Crippen molar-refractivity contribution >= 4 is 35.1 Å². The maximum Gasteiger partial charge on any atom is 0.325 e.